The van der Waals surface area contributed by atoms with E-state index in [0.29, 0.717) is 35.6 Å². The number of nitrogens with zero attached hydrogens (tertiary/aromatic N) is 4. The average Bonchev–Trinajstić information content (AvgIpc) is 3.36. The number of nitrogens with one attached hydrogen (secondary N) is 1. The van der Waals surface area contributed by atoms with Crippen molar-refractivity contribution in [3.8, 4) is 11.4 Å². The molecule has 0 spiro atoms. The first-order chi connectivity index (χ1) is 13.7. The van der Waals surface area contributed by atoms with Crippen molar-refractivity contribution in [1.29, 1.82) is 0 Å². The molecule has 28 heavy (non-hydrogen) atoms. The highest BCUT2D eigenvalue weighted by Gasteiger charge is 2.24. The zero-order valence-electron chi connectivity index (χ0n) is 16.5. The van der Waals surface area contributed by atoms with Crippen LogP contribution in [0, 0.1) is 5.92 Å². The summed E-state index contributed by atoms with van der Waals surface area (Å²) in [7, 11) is 0. The maximum Gasteiger partial charge on any atom is 0.228 e. The number of aliphatic imine (C=N–C) groups is 1. The lowest BCUT2D eigenvalue weighted by Crippen LogP contribution is -2.40. The van der Waals surface area contributed by atoms with Crippen molar-refractivity contribution in [2.75, 3.05) is 39.4 Å². The fraction of sp³-hybridized carbons (Fsp3) is 0.550. The second-order valence-electron chi connectivity index (χ2n) is 6.76. The van der Waals surface area contributed by atoms with E-state index in [1.807, 2.05) is 31.2 Å². The molecule has 3 rings (SSSR count). The number of hydrogen-bond donors (Lipinski definition) is 1. The van der Waals surface area contributed by atoms with Gasteiger partial charge in [0.2, 0.25) is 11.7 Å². The predicted octanol–water partition coefficient (Wildman–Crippen LogP) is 3.26. The van der Waals surface area contributed by atoms with Crippen LogP contribution in [0.4, 0.5) is 0 Å². The van der Waals surface area contributed by atoms with Gasteiger partial charge < -0.3 is 19.5 Å². The fourth-order valence-electron chi connectivity index (χ4n) is 3.20. The Balaban J connectivity index is 1.55. The summed E-state index contributed by atoms with van der Waals surface area (Å²) in [6.07, 6.45) is 1.74. The summed E-state index contributed by atoms with van der Waals surface area (Å²) in [6.45, 7) is 9.13. The third-order valence-corrected chi connectivity index (χ3v) is 4.89. The highest BCUT2D eigenvalue weighted by Crippen LogP contribution is 2.19. The Hall–Kier alpha value is -2.12. The molecule has 1 aliphatic heterocycles. The lowest BCUT2D eigenvalue weighted by molar-refractivity contribution is 0.114. The maximum atomic E-state index is 5.92. The molecule has 7 nitrogen and oxygen atoms in total. The Morgan fingerprint density at radius 2 is 2.18 bits per heavy atom. The van der Waals surface area contributed by atoms with Gasteiger partial charge in [-0.1, -0.05) is 16.8 Å². The summed E-state index contributed by atoms with van der Waals surface area (Å²) in [4.78, 5) is 11.5. The Bertz CT molecular complexity index is 762. The lowest BCUT2D eigenvalue weighted by atomic mass is 10.1. The Morgan fingerprint density at radius 1 is 1.36 bits per heavy atom. The van der Waals surface area contributed by atoms with E-state index in [4.69, 9.17) is 25.9 Å². The molecule has 1 atom stereocenters. The van der Waals surface area contributed by atoms with Gasteiger partial charge in [0, 0.05) is 49.2 Å². The van der Waals surface area contributed by atoms with Gasteiger partial charge in [0.1, 0.15) is 0 Å². The van der Waals surface area contributed by atoms with Crippen molar-refractivity contribution < 1.29 is 9.26 Å². The third kappa shape index (κ3) is 5.69. The van der Waals surface area contributed by atoms with Crippen LogP contribution in [0.25, 0.3) is 11.4 Å². The minimum absolute atomic E-state index is 0.570. The van der Waals surface area contributed by atoms with Crippen molar-refractivity contribution in [3.63, 3.8) is 0 Å². The molecule has 0 aliphatic carbocycles. The molecule has 1 saturated heterocycles. The largest absolute Gasteiger partial charge is 0.381 e. The molecule has 0 bridgehead atoms. The molecule has 1 unspecified atom stereocenters. The van der Waals surface area contributed by atoms with Gasteiger partial charge in [-0.3, -0.25) is 4.99 Å². The third-order valence-electron chi connectivity index (χ3n) is 4.64. The van der Waals surface area contributed by atoms with Gasteiger partial charge in [0.05, 0.1) is 13.2 Å². The second-order valence-corrected chi connectivity index (χ2v) is 7.20. The highest BCUT2D eigenvalue weighted by atomic mass is 35.5. The molecule has 152 valence electrons. The lowest BCUT2D eigenvalue weighted by Gasteiger charge is -2.21. The SMILES string of the molecule is CCNC(=NCCc1nc(-c2ccc(Cl)cc2)no1)N1CCC(COCC)C1. The summed E-state index contributed by atoms with van der Waals surface area (Å²) in [5, 5.41) is 8.11. The number of likely N-dealkylation sites (tertiary alicyclic amines) is 1. The van der Waals surface area contributed by atoms with Crippen molar-refractivity contribution in [3.05, 3.63) is 35.2 Å². The topological polar surface area (TPSA) is 75.8 Å². The minimum atomic E-state index is 0.570. The van der Waals surface area contributed by atoms with Gasteiger partial charge >= 0.3 is 0 Å². The first-order valence-corrected chi connectivity index (χ1v) is 10.3. The molecular weight excluding hydrogens is 378 g/mol. The summed E-state index contributed by atoms with van der Waals surface area (Å²) in [6, 6.07) is 7.39. The Kier molecular flexibility index (Phi) is 7.68. The summed E-state index contributed by atoms with van der Waals surface area (Å²) >= 11 is 5.92. The normalized spacial score (nSPS) is 17.3. The fourth-order valence-corrected chi connectivity index (χ4v) is 3.33. The van der Waals surface area contributed by atoms with E-state index < -0.39 is 0 Å². The zero-order chi connectivity index (χ0) is 19.8. The van der Waals surface area contributed by atoms with E-state index in [-0.39, 0.29) is 0 Å². The van der Waals surface area contributed by atoms with Crippen molar-refractivity contribution in [2.24, 2.45) is 10.9 Å². The van der Waals surface area contributed by atoms with Crippen LogP contribution >= 0.6 is 11.6 Å². The predicted molar refractivity (Wildman–Crippen MR) is 111 cm³/mol. The number of halogens is 1. The minimum Gasteiger partial charge on any atom is -0.381 e. The number of ether oxygens (including phenoxy) is 1. The summed E-state index contributed by atoms with van der Waals surface area (Å²) < 4.78 is 10.9. The molecule has 1 aromatic carbocycles. The van der Waals surface area contributed by atoms with Crippen LogP contribution in [0.3, 0.4) is 0 Å². The monoisotopic (exact) mass is 405 g/mol. The molecule has 0 saturated carbocycles. The van der Waals surface area contributed by atoms with Gasteiger partial charge in [-0.2, -0.15) is 4.98 Å². The number of hydrogen-bond acceptors (Lipinski definition) is 5. The average molecular weight is 406 g/mol. The van der Waals surface area contributed by atoms with Crippen LogP contribution in [0.5, 0.6) is 0 Å². The van der Waals surface area contributed by atoms with Gasteiger partial charge in [-0.25, -0.2) is 0 Å². The number of aromatic nitrogens is 2. The maximum absolute atomic E-state index is 5.92. The molecule has 2 heterocycles. The number of benzene rings is 1. The quantitative estimate of drug-likeness (QED) is 0.536. The molecule has 1 aliphatic rings. The molecule has 1 aromatic heterocycles. The van der Waals surface area contributed by atoms with E-state index in [1.165, 1.54) is 0 Å². The Labute approximate surface area is 171 Å². The highest BCUT2D eigenvalue weighted by molar-refractivity contribution is 6.30. The molecule has 1 fully saturated rings. The van der Waals surface area contributed by atoms with Crippen molar-refractivity contribution in [1.82, 2.24) is 20.4 Å². The van der Waals surface area contributed by atoms with Gasteiger partial charge in [-0.05, 0) is 44.5 Å². The molecule has 2 aromatic rings. The molecule has 8 heteroatoms. The smallest absolute Gasteiger partial charge is 0.228 e. The first-order valence-electron chi connectivity index (χ1n) is 9.89. The summed E-state index contributed by atoms with van der Waals surface area (Å²) in [5.74, 6) is 2.67. The van der Waals surface area contributed by atoms with Gasteiger partial charge in [0.15, 0.2) is 5.96 Å². The van der Waals surface area contributed by atoms with Crippen LogP contribution in [0.15, 0.2) is 33.8 Å². The van der Waals surface area contributed by atoms with Crippen LogP contribution in [0.2, 0.25) is 5.02 Å². The van der Waals surface area contributed by atoms with E-state index in [9.17, 15) is 0 Å². The van der Waals surface area contributed by atoms with E-state index in [2.05, 4.69) is 27.3 Å². The second kappa shape index (κ2) is 10.4. The standard InChI is InChI=1S/C20H28ClN5O2/c1-3-22-20(26-12-10-15(13-26)14-27-4-2)23-11-9-18-24-19(25-28-18)16-5-7-17(21)8-6-16/h5-8,15H,3-4,9-14H2,1-2H3,(H,22,23). The molecule has 0 radical (unpaired) electrons. The number of rotatable bonds is 8. The van der Waals surface area contributed by atoms with Crippen LogP contribution in [-0.4, -0.2) is 60.4 Å². The zero-order valence-corrected chi connectivity index (χ0v) is 17.3. The Morgan fingerprint density at radius 3 is 2.93 bits per heavy atom. The molecular formula is C20H28ClN5O2. The number of guanidine groups is 1. The first kappa shape index (κ1) is 20.6. The van der Waals surface area contributed by atoms with E-state index in [1.54, 1.807) is 0 Å². The molecule has 0 amide bonds. The van der Waals surface area contributed by atoms with Gasteiger partial charge in [-0.15, -0.1) is 0 Å². The van der Waals surface area contributed by atoms with Crippen molar-refractivity contribution in [2.45, 2.75) is 26.7 Å². The van der Waals surface area contributed by atoms with Crippen LogP contribution in [0.1, 0.15) is 26.2 Å². The molecule has 1 N–H and O–H groups in total. The van der Waals surface area contributed by atoms with Crippen molar-refractivity contribution >= 4 is 17.6 Å². The van der Waals surface area contributed by atoms with Crippen LogP contribution in [-0.2, 0) is 11.2 Å². The van der Waals surface area contributed by atoms with Crippen LogP contribution < -0.4 is 5.32 Å². The van der Waals surface area contributed by atoms with Gasteiger partial charge in [0.25, 0.3) is 0 Å². The van der Waals surface area contributed by atoms with E-state index in [0.717, 1.165) is 50.8 Å². The van der Waals surface area contributed by atoms with E-state index >= 15 is 0 Å². The summed E-state index contributed by atoms with van der Waals surface area (Å²) in [5.41, 5.74) is 0.883.